The molecule has 0 spiro atoms. The van der Waals surface area contributed by atoms with E-state index in [1.54, 1.807) is 0 Å². The van der Waals surface area contributed by atoms with Gasteiger partial charge in [-0.15, -0.1) is 0 Å². The van der Waals surface area contributed by atoms with Gasteiger partial charge in [-0.3, -0.25) is 4.98 Å². The minimum absolute atomic E-state index is 0.0944. The number of aliphatic hydroxyl groups is 1. The lowest BCUT2D eigenvalue weighted by molar-refractivity contribution is -0.0104. The predicted molar refractivity (Wildman–Crippen MR) is 72.0 cm³/mol. The Morgan fingerprint density at radius 3 is 2.67 bits per heavy atom. The van der Waals surface area contributed by atoms with Crippen LogP contribution >= 0.6 is 0 Å². The van der Waals surface area contributed by atoms with Gasteiger partial charge in [0.2, 0.25) is 0 Å². The Labute approximate surface area is 109 Å². The summed E-state index contributed by atoms with van der Waals surface area (Å²) in [6.07, 6.45) is 5.03. The van der Waals surface area contributed by atoms with Crippen LogP contribution in [0.1, 0.15) is 39.3 Å². The highest BCUT2D eigenvalue weighted by Crippen LogP contribution is 2.67. The van der Waals surface area contributed by atoms with Crippen molar-refractivity contribution in [3.05, 3.63) is 30.1 Å². The Kier molecular flexibility index (Phi) is 2.57. The van der Waals surface area contributed by atoms with Crippen LogP contribution in [0.2, 0.25) is 0 Å². The van der Waals surface area contributed by atoms with Gasteiger partial charge in [0.15, 0.2) is 0 Å². The van der Waals surface area contributed by atoms with Gasteiger partial charge >= 0.3 is 0 Å². The molecule has 18 heavy (non-hydrogen) atoms. The second-order valence-electron chi connectivity index (χ2n) is 6.92. The molecule has 2 bridgehead atoms. The second kappa shape index (κ2) is 3.80. The first-order valence-electron chi connectivity index (χ1n) is 7.05. The van der Waals surface area contributed by atoms with Gasteiger partial charge in [0, 0.05) is 11.9 Å². The van der Waals surface area contributed by atoms with Crippen molar-refractivity contribution in [2.24, 2.45) is 22.7 Å². The number of fused-ring (bicyclic) bond motifs is 2. The van der Waals surface area contributed by atoms with Crippen LogP contribution in [0.15, 0.2) is 24.4 Å². The fourth-order valence-electron chi connectivity index (χ4n) is 4.55. The molecule has 2 nitrogen and oxygen atoms in total. The zero-order valence-corrected chi connectivity index (χ0v) is 11.6. The molecule has 2 heteroatoms. The minimum Gasteiger partial charge on any atom is -0.392 e. The third-order valence-corrected chi connectivity index (χ3v) is 6.12. The number of nitrogens with zero attached hydrogens (tertiary/aromatic N) is 1. The van der Waals surface area contributed by atoms with E-state index in [4.69, 9.17) is 0 Å². The lowest BCUT2D eigenvalue weighted by Crippen LogP contribution is -2.38. The van der Waals surface area contributed by atoms with E-state index in [0.717, 1.165) is 12.1 Å². The van der Waals surface area contributed by atoms with Crippen molar-refractivity contribution in [1.29, 1.82) is 0 Å². The van der Waals surface area contributed by atoms with Crippen LogP contribution in [0.4, 0.5) is 0 Å². The average molecular weight is 245 g/mol. The molecule has 4 atom stereocenters. The van der Waals surface area contributed by atoms with Crippen molar-refractivity contribution >= 4 is 0 Å². The molecule has 3 rings (SSSR count). The maximum Gasteiger partial charge on any atom is 0.0633 e. The Hall–Kier alpha value is -0.890. The smallest absolute Gasteiger partial charge is 0.0633 e. The number of pyridine rings is 1. The van der Waals surface area contributed by atoms with Crippen LogP contribution in [-0.2, 0) is 6.42 Å². The van der Waals surface area contributed by atoms with E-state index in [2.05, 4.69) is 31.8 Å². The van der Waals surface area contributed by atoms with Crippen molar-refractivity contribution in [2.75, 3.05) is 0 Å². The van der Waals surface area contributed by atoms with Gasteiger partial charge in [-0.25, -0.2) is 0 Å². The standard InChI is InChI=1S/C16H23NO/c1-15(2)13-7-8-16(15,3)14(18)12(13)10-11-6-4-5-9-17-11/h4-6,9,12-14,18H,7-8,10H2,1-3H3/t12-,13-,14-,16+/m1/s1. The number of aromatic nitrogens is 1. The third kappa shape index (κ3) is 1.41. The molecule has 0 unspecified atom stereocenters. The molecule has 98 valence electrons. The quantitative estimate of drug-likeness (QED) is 0.868. The van der Waals surface area contributed by atoms with E-state index >= 15 is 0 Å². The van der Waals surface area contributed by atoms with Crippen LogP contribution in [0.3, 0.4) is 0 Å². The van der Waals surface area contributed by atoms with Crippen molar-refractivity contribution in [1.82, 2.24) is 4.98 Å². The fourth-order valence-corrected chi connectivity index (χ4v) is 4.55. The molecular formula is C16H23NO. The first kappa shape index (κ1) is 12.2. The van der Waals surface area contributed by atoms with E-state index in [1.165, 1.54) is 12.8 Å². The van der Waals surface area contributed by atoms with Gasteiger partial charge in [-0.05, 0) is 54.1 Å². The maximum absolute atomic E-state index is 10.7. The first-order chi connectivity index (χ1) is 8.47. The molecule has 1 aromatic rings. The molecule has 0 amide bonds. The highest BCUT2D eigenvalue weighted by atomic mass is 16.3. The number of rotatable bonds is 2. The molecule has 2 saturated carbocycles. The first-order valence-corrected chi connectivity index (χ1v) is 7.05. The number of hydrogen-bond acceptors (Lipinski definition) is 2. The maximum atomic E-state index is 10.7. The molecule has 0 aliphatic heterocycles. The number of aliphatic hydroxyl groups excluding tert-OH is 1. The van der Waals surface area contributed by atoms with Crippen LogP contribution in [-0.4, -0.2) is 16.2 Å². The Balaban J connectivity index is 1.88. The summed E-state index contributed by atoms with van der Waals surface area (Å²) in [5, 5.41) is 10.7. The Morgan fingerprint density at radius 1 is 1.33 bits per heavy atom. The van der Waals surface area contributed by atoms with Crippen molar-refractivity contribution in [2.45, 2.75) is 46.1 Å². The molecule has 0 radical (unpaired) electrons. The molecule has 1 N–H and O–H groups in total. The number of hydrogen-bond donors (Lipinski definition) is 1. The summed E-state index contributed by atoms with van der Waals surface area (Å²) in [6.45, 7) is 6.95. The van der Waals surface area contributed by atoms with E-state index in [1.807, 2.05) is 18.3 Å². The van der Waals surface area contributed by atoms with Gasteiger partial charge in [-0.1, -0.05) is 26.8 Å². The lowest BCUT2D eigenvalue weighted by Gasteiger charge is -2.37. The molecular weight excluding hydrogens is 222 g/mol. The van der Waals surface area contributed by atoms with E-state index in [9.17, 15) is 5.11 Å². The van der Waals surface area contributed by atoms with Gasteiger partial charge in [-0.2, -0.15) is 0 Å². The van der Waals surface area contributed by atoms with Gasteiger partial charge < -0.3 is 5.11 Å². The van der Waals surface area contributed by atoms with Crippen LogP contribution < -0.4 is 0 Å². The molecule has 0 saturated heterocycles. The predicted octanol–water partition coefficient (Wildman–Crippen LogP) is 3.06. The summed E-state index contributed by atoms with van der Waals surface area (Å²) in [6, 6.07) is 6.06. The van der Waals surface area contributed by atoms with E-state index in [-0.39, 0.29) is 16.9 Å². The summed E-state index contributed by atoms with van der Waals surface area (Å²) in [5.41, 5.74) is 1.47. The van der Waals surface area contributed by atoms with Crippen LogP contribution in [0.25, 0.3) is 0 Å². The summed E-state index contributed by atoms with van der Waals surface area (Å²) in [7, 11) is 0. The summed E-state index contributed by atoms with van der Waals surface area (Å²) < 4.78 is 0. The van der Waals surface area contributed by atoms with E-state index in [0.29, 0.717) is 11.8 Å². The van der Waals surface area contributed by atoms with Crippen molar-refractivity contribution in [3.63, 3.8) is 0 Å². The Bertz CT molecular complexity index is 442. The highest BCUT2D eigenvalue weighted by Gasteiger charge is 2.65. The van der Waals surface area contributed by atoms with Crippen LogP contribution in [0.5, 0.6) is 0 Å². The fraction of sp³-hybridized carbons (Fsp3) is 0.688. The third-order valence-electron chi connectivity index (χ3n) is 6.12. The van der Waals surface area contributed by atoms with Crippen LogP contribution in [0, 0.1) is 22.7 Å². The average Bonchev–Trinajstić information content (AvgIpc) is 2.65. The molecule has 2 aliphatic rings. The van der Waals surface area contributed by atoms with Crippen molar-refractivity contribution < 1.29 is 5.11 Å². The summed E-state index contributed by atoms with van der Waals surface area (Å²) >= 11 is 0. The van der Waals surface area contributed by atoms with Gasteiger partial charge in [0.05, 0.1) is 6.10 Å². The molecule has 2 fully saturated rings. The minimum atomic E-state index is -0.173. The zero-order valence-electron chi connectivity index (χ0n) is 11.6. The zero-order chi connectivity index (χ0) is 13.0. The van der Waals surface area contributed by atoms with Gasteiger partial charge in [0.1, 0.15) is 0 Å². The monoisotopic (exact) mass is 245 g/mol. The van der Waals surface area contributed by atoms with Crippen molar-refractivity contribution in [3.8, 4) is 0 Å². The largest absolute Gasteiger partial charge is 0.392 e. The van der Waals surface area contributed by atoms with E-state index < -0.39 is 0 Å². The molecule has 0 aromatic carbocycles. The van der Waals surface area contributed by atoms with Gasteiger partial charge in [0.25, 0.3) is 0 Å². The second-order valence-corrected chi connectivity index (χ2v) is 6.92. The summed E-state index contributed by atoms with van der Waals surface area (Å²) in [5.74, 6) is 1.02. The molecule has 1 aromatic heterocycles. The molecule has 1 heterocycles. The lowest BCUT2D eigenvalue weighted by atomic mass is 9.70. The SMILES string of the molecule is CC1(C)[C@@H]2CC[C@@]1(C)[C@H](O)[C@@H]2Cc1ccccn1. The highest BCUT2D eigenvalue weighted by molar-refractivity contribution is 5.17. The topological polar surface area (TPSA) is 33.1 Å². The summed E-state index contributed by atoms with van der Waals surface area (Å²) in [4.78, 5) is 4.42. The molecule has 2 aliphatic carbocycles. The normalized spacial score (nSPS) is 41.2. The Morgan fingerprint density at radius 2 is 2.11 bits per heavy atom.